The lowest BCUT2D eigenvalue weighted by atomic mass is 9.76. The maximum Gasteiger partial charge on any atom is 0.257 e. The largest absolute Gasteiger partial charge is 0.494 e. The van der Waals surface area contributed by atoms with Crippen LogP contribution >= 0.6 is 0 Å². The lowest BCUT2D eigenvalue weighted by molar-refractivity contribution is -0.162. The van der Waals surface area contributed by atoms with Crippen molar-refractivity contribution in [1.29, 1.82) is 0 Å². The van der Waals surface area contributed by atoms with E-state index in [0.29, 0.717) is 18.6 Å². The van der Waals surface area contributed by atoms with Gasteiger partial charge in [-0.15, -0.1) is 0 Å². The van der Waals surface area contributed by atoms with Crippen molar-refractivity contribution in [2.75, 3.05) is 7.11 Å². The third kappa shape index (κ3) is 2.66. The number of methoxy groups -OCH3 is 1. The van der Waals surface area contributed by atoms with E-state index in [1.165, 1.54) is 19.2 Å². The molecule has 0 N–H and O–H groups in total. The van der Waals surface area contributed by atoms with Crippen LogP contribution in [0.1, 0.15) is 37.3 Å². The van der Waals surface area contributed by atoms with E-state index in [2.05, 4.69) is 12.1 Å². The van der Waals surface area contributed by atoms with Crippen LogP contribution in [0.15, 0.2) is 48.5 Å². The number of halogens is 1. The van der Waals surface area contributed by atoms with Crippen molar-refractivity contribution in [3.05, 3.63) is 59.9 Å². The second kappa shape index (κ2) is 6.48. The molecule has 3 aliphatic rings. The minimum atomic E-state index is -0.771. The molecular formula is C22H22FNO4. The molecule has 0 bridgehead atoms. The number of benzene rings is 2. The molecule has 2 saturated heterocycles. The summed E-state index contributed by atoms with van der Waals surface area (Å²) in [5.74, 6) is 0.319. The van der Waals surface area contributed by atoms with E-state index >= 15 is 0 Å². The summed E-state index contributed by atoms with van der Waals surface area (Å²) in [6, 6.07) is 14.6. The van der Waals surface area contributed by atoms with Crippen molar-refractivity contribution >= 4 is 5.91 Å². The van der Waals surface area contributed by atoms with Crippen LogP contribution in [0.3, 0.4) is 0 Å². The maximum absolute atomic E-state index is 13.6. The van der Waals surface area contributed by atoms with Gasteiger partial charge in [0.1, 0.15) is 18.1 Å². The van der Waals surface area contributed by atoms with E-state index in [9.17, 15) is 9.18 Å². The van der Waals surface area contributed by atoms with Gasteiger partial charge in [0.2, 0.25) is 0 Å². The standard InChI is InChI=1S/C22H22FNO4/c1-26-19-11-15(7-8-17(19)23)27-16-12-22(13-16)21(25)24-18(9-10-20(24)28-22)14-5-3-2-4-6-14/h2-8,11,16,18,20H,9-10,12-13H2,1H3/t16?,18-,20+,22?/m0/s1. The highest BCUT2D eigenvalue weighted by molar-refractivity contribution is 5.89. The normalized spacial score (nSPS) is 31.0. The Kier molecular flexibility index (Phi) is 4.05. The van der Waals surface area contributed by atoms with Crippen LogP contribution in [0, 0.1) is 5.82 Å². The minimum Gasteiger partial charge on any atom is -0.494 e. The topological polar surface area (TPSA) is 48.0 Å². The summed E-state index contributed by atoms with van der Waals surface area (Å²) in [7, 11) is 1.42. The molecule has 0 aromatic heterocycles. The summed E-state index contributed by atoms with van der Waals surface area (Å²) in [6.45, 7) is 0. The second-order valence-corrected chi connectivity index (χ2v) is 7.73. The number of ether oxygens (including phenoxy) is 3. The molecular weight excluding hydrogens is 361 g/mol. The highest BCUT2D eigenvalue weighted by Gasteiger charge is 2.63. The summed E-state index contributed by atoms with van der Waals surface area (Å²) in [6.07, 6.45) is 2.53. The van der Waals surface area contributed by atoms with Gasteiger partial charge in [-0.05, 0) is 30.5 Å². The Labute approximate surface area is 163 Å². The van der Waals surface area contributed by atoms with Crippen LogP contribution in [0.2, 0.25) is 0 Å². The number of amides is 1. The van der Waals surface area contributed by atoms with Gasteiger partial charge in [-0.3, -0.25) is 4.79 Å². The van der Waals surface area contributed by atoms with Gasteiger partial charge < -0.3 is 19.1 Å². The Morgan fingerprint density at radius 2 is 1.93 bits per heavy atom. The molecule has 146 valence electrons. The molecule has 28 heavy (non-hydrogen) atoms. The molecule has 6 heteroatoms. The first-order valence-electron chi connectivity index (χ1n) is 9.65. The van der Waals surface area contributed by atoms with Crippen molar-refractivity contribution in [2.24, 2.45) is 0 Å². The van der Waals surface area contributed by atoms with Gasteiger partial charge in [0.25, 0.3) is 5.91 Å². The zero-order chi connectivity index (χ0) is 19.3. The molecule has 0 radical (unpaired) electrons. The number of nitrogens with zero attached hydrogens (tertiary/aromatic N) is 1. The van der Waals surface area contributed by atoms with E-state index in [1.54, 1.807) is 6.07 Å². The SMILES string of the molecule is COc1cc(OC2CC3(C2)O[C@@H]2CC[C@@H](c4ccccc4)N2C3=O)ccc1F. The van der Waals surface area contributed by atoms with E-state index in [4.69, 9.17) is 14.2 Å². The van der Waals surface area contributed by atoms with Gasteiger partial charge >= 0.3 is 0 Å². The zero-order valence-corrected chi connectivity index (χ0v) is 15.6. The second-order valence-electron chi connectivity index (χ2n) is 7.73. The van der Waals surface area contributed by atoms with Gasteiger partial charge in [0.15, 0.2) is 17.2 Å². The Hall–Kier alpha value is -2.60. The molecule has 2 heterocycles. The monoisotopic (exact) mass is 383 g/mol. The predicted octanol–water partition coefficient (Wildman–Crippen LogP) is 3.83. The highest BCUT2D eigenvalue weighted by Crippen LogP contribution is 2.52. The fraction of sp³-hybridized carbons (Fsp3) is 0.409. The van der Waals surface area contributed by atoms with Crippen molar-refractivity contribution < 1.29 is 23.4 Å². The fourth-order valence-corrected chi connectivity index (χ4v) is 4.65. The quantitative estimate of drug-likeness (QED) is 0.805. The number of carbonyl (C=O) groups excluding carboxylic acids is 1. The number of fused-ring (bicyclic) bond motifs is 1. The molecule has 3 fully saturated rings. The highest BCUT2D eigenvalue weighted by atomic mass is 19.1. The number of hydrogen-bond donors (Lipinski definition) is 0. The van der Waals surface area contributed by atoms with Crippen LogP contribution in [0.5, 0.6) is 11.5 Å². The number of hydrogen-bond acceptors (Lipinski definition) is 4. The summed E-state index contributed by atoms with van der Waals surface area (Å²) in [5.41, 5.74) is 0.386. The van der Waals surface area contributed by atoms with Gasteiger partial charge in [0, 0.05) is 18.9 Å². The summed E-state index contributed by atoms with van der Waals surface area (Å²) in [4.78, 5) is 15.1. The van der Waals surface area contributed by atoms with Crippen molar-refractivity contribution in [3.63, 3.8) is 0 Å². The lowest BCUT2D eigenvalue weighted by Crippen LogP contribution is -2.55. The van der Waals surface area contributed by atoms with Gasteiger partial charge in [-0.1, -0.05) is 30.3 Å². The summed E-state index contributed by atoms with van der Waals surface area (Å²) in [5, 5.41) is 0. The van der Waals surface area contributed by atoms with E-state index in [0.717, 1.165) is 18.4 Å². The van der Waals surface area contributed by atoms with Crippen molar-refractivity contribution in [1.82, 2.24) is 4.90 Å². The number of carbonyl (C=O) groups is 1. The van der Waals surface area contributed by atoms with E-state index < -0.39 is 11.4 Å². The van der Waals surface area contributed by atoms with Gasteiger partial charge in [-0.2, -0.15) is 0 Å². The van der Waals surface area contributed by atoms with Crippen LogP contribution in [0.25, 0.3) is 0 Å². The van der Waals surface area contributed by atoms with Gasteiger partial charge in [-0.25, -0.2) is 4.39 Å². The molecule has 2 aromatic carbocycles. The smallest absolute Gasteiger partial charge is 0.257 e. The van der Waals surface area contributed by atoms with E-state index in [-0.39, 0.29) is 30.0 Å². The number of rotatable bonds is 4. The molecule has 1 saturated carbocycles. The van der Waals surface area contributed by atoms with Crippen LogP contribution in [-0.4, -0.2) is 35.8 Å². The van der Waals surface area contributed by atoms with Crippen LogP contribution in [0.4, 0.5) is 4.39 Å². The molecule has 1 aliphatic carbocycles. The molecule has 1 spiro atoms. The molecule has 5 nitrogen and oxygen atoms in total. The van der Waals surface area contributed by atoms with Crippen molar-refractivity contribution in [2.45, 2.75) is 49.7 Å². The Morgan fingerprint density at radius 1 is 1.14 bits per heavy atom. The van der Waals surface area contributed by atoms with E-state index in [1.807, 2.05) is 23.1 Å². The Bertz CT molecular complexity index is 897. The molecule has 2 aliphatic heterocycles. The van der Waals surface area contributed by atoms with Crippen LogP contribution in [-0.2, 0) is 9.53 Å². The van der Waals surface area contributed by atoms with Crippen molar-refractivity contribution in [3.8, 4) is 11.5 Å². The molecule has 0 unspecified atom stereocenters. The molecule has 5 rings (SSSR count). The Morgan fingerprint density at radius 3 is 2.68 bits per heavy atom. The van der Waals surface area contributed by atoms with Gasteiger partial charge in [0.05, 0.1) is 13.2 Å². The Balaban J connectivity index is 1.27. The zero-order valence-electron chi connectivity index (χ0n) is 15.6. The average molecular weight is 383 g/mol. The first kappa shape index (κ1) is 17.5. The summed E-state index contributed by atoms with van der Waals surface area (Å²) >= 11 is 0. The first-order chi connectivity index (χ1) is 13.6. The lowest BCUT2D eigenvalue weighted by Gasteiger charge is -2.42. The minimum absolute atomic E-state index is 0.0698. The third-order valence-electron chi connectivity index (χ3n) is 6.04. The predicted molar refractivity (Wildman–Crippen MR) is 99.5 cm³/mol. The molecule has 1 amide bonds. The van der Waals surface area contributed by atoms with Crippen LogP contribution < -0.4 is 9.47 Å². The average Bonchev–Trinajstić information content (AvgIpc) is 3.22. The molecule has 2 atom stereocenters. The first-order valence-corrected chi connectivity index (χ1v) is 9.65. The fourth-order valence-electron chi connectivity index (χ4n) is 4.65. The molecule has 2 aromatic rings. The third-order valence-corrected chi connectivity index (χ3v) is 6.04. The maximum atomic E-state index is 13.6. The summed E-state index contributed by atoms with van der Waals surface area (Å²) < 4.78 is 30.7.